The number of hydrogen-bond donors (Lipinski definition) is 2. The maximum atomic E-state index is 14.6. The van der Waals surface area contributed by atoms with Crippen LogP contribution in [0.2, 0.25) is 36.3 Å². The van der Waals surface area contributed by atoms with E-state index in [1.54, 1.807) is 19.1 Å². The number of aliphatic hydroxyl groups excluding tert-OH is 1. The van der Waals surface area contributed by atoms with Crippen LogP contribution in [0.1, 0.15) is 66.5 Å². The molecule has 5 atom stereocenters. The van der Waals surface area contributed by atoms with Gasteiger partial charge in [0.1, 0.15) is 41.4 Å². The van der Waals surface area contributed by atoms with Gasteiger partial charge < -0.3 is 32.9 Å². The number of aliphatic hydroxyl groups is 1. The van der Waals surface area contributed by atoms with Gasteiger partial charge in [-0.15, -0.1) is 0 Å². The van der Waals surface area contributed by atoms with E-state index in [0.717, 1.165) is 6.21 Å². The molecule has 2 saturated heterocycles. The summed E-state index contributed by atoms with van der Waals surface area (Å²) >= 11 is 6.59. The van der Waals surface area contributed by atoms with E-state index >= 15 is 0 Å². The number of halogens is 4. The highest BCUT2D eigenvalue weighted by molar-refractivity contribution is 9.11. The standard InChI is InChI=1S/C21H31BrFNO5Si.C11H12BrFNO4.C11H24O2Si/c1-12-17-16(11-27-30(6,7)21(2,3)4)29-24(18(17)20(25)28-12)10-13-15(23)9-8-14(22)19(13)26-5;1-17-10(15)6-14(16)5-7-9(13)4-3-8(12)11(7)18-2;1-10(12)8-7-9-13-14(5,6)11(2,3)4/h8-9,12,16-18H,10-11H2,1-7H3;3-4,6,16H,5H2,1-2H3;7-8,10,12H,9H2,1-6H3/q;+1;/b;14-6-;8-7-/t12-,16-,17?,18?;;10-/m0.0/s1. The van der Waals surface area contributed by atoms with E-state index in [2.05, 4.69) is 104 Å². The second kappa shape index (κ2) is 23.4. The summed E-state index contributed by atoms with van der Waals surface area (Å²) in [6.45, 7) is 26.4. The molecule has 19 heteroatoms. The van der Waals surface area contributed by atoms with Crippen molar-refractivity contribution in [3.8, 4) is 11.5 Å². The van der Waals surface area contributed by atoms with Crippen molar-refractivity contribution in [3.05, 3.63) is 68.1 Å². The molecule has 62 heavy (non-hydrogen) atoms. The van der Waals surface area contributed by atoms with Crippen LogP contribution in [0.3, 0.4) is 0 Å². The van der Waals surface area contributed by atoms with E-state index in [1.165, 1.54) is 44.6 Å². The predicted molar refractivity (Wildman–Crippen MR) is 246 cm³/mol. The lowest BCUT2D eigenvalue weighted by Gasteiger charge is -2.37. The summed E-state index contributed by atoms with van der Waals surface area (Å²) in [5.74, 6) is -1.60. The van der Waals surface area contributed by atoms with Gasteiger partial charge in [0.05, 0.1) is 67.6 Å². The Labute approximate surface area is 385 Å². The van der Waals surface area contributed by atoms with Crippen LogP contribution >= 0.6 is 31.9 Å². The molecular formula is C43H67Br2F2N2O11Si2+. The van der Waals surface area contributed by atoms with Gasteiger partial charge in [0.25, 0.3) is 6.21 Å². The fraction of sp³-hybridized carbons (Fsp3) is 0.605. The summed E-state index contributed by atoms with van der Waals surface area (Å²) in [6.07, 6.45) is 3.44. The van der Waals surface area contributed by atoms with E-state index in [1.807, 2.05) is 13.0 Å². The number of benzene rings is 2. The van der Waals surface area contributed by atoms with Crippen LogP contribution in [0, 0.1) is 17.6 Å². The van der Waals surface area contributed by atoms with Gasteiger partial charge in [0.2, 0.25) is 6.54 Å². The SMILES string of the molecule is COC(=O)/C=[N+](\O)Cc1c(F)ccc(Br)c1OC.COc1c(Br)ccc(F)c1CN1O[C@@H](CO[Si](C)(C)C(C)(C)C)C2C1C(=O)O[C@H]2C.C[C@H](O)/C=C\CO[Si](C)(C)C(C)(C)C. The molecule has 2 aromatic rings. The summed E-state index contributed by atoms with van der Waals surface area (Å²) in [5, 5.41) is 20.3. The average molecular weight is 1040 g/mol. The molecule has 2 fully saturated rings. The molecule has 2 unspecified atom stereocenters. The molecule has 0 amide bonds. The summed E-state index contributed by atoms with van der Waals surface area (Å²) in [5.41, 5.74) is 0.443. The topological polar surface area (TPSA) is 145 Å². The van der Waals surface area contributed by atoms with Crippen LogP contribution in [-0.4, -0.2) is 114 Å². The van der Waals surface area contributed by atoms with E-state index in [-0.39, 0.29) is 64.7 Å². The smallest absolute Gasteiger partial charge is 0.399 e. The number of hydroxylamine groups is 3. The lowest BCUT2D eigenvalue weighted by molar-refractivity contribution is -0.783. The Morgan fingerprint density at radius 2 is 1.42 bits per heavy atom. The van der Waals surface area contributed by atoms with Crippen molar-refractivity contribution < 1.29 is 66.1 Å². The number of esters is 2. The normalized spacial score (nSPS) is 20.1. The zero-order valence-corrected chi connectivity index (χ0v) is 43.9. The molecule has 2 aliphatic heterocycles. The highest BCUT2D eigenvalue weighted by atomic mass is 79.9. The van der Waals surface area contributed by atoms with Gasteiger partial charge in [0, 0.05) is 5.56 Å². The molecule has 2 aromatic carbocycles. The van der Waals surface area contributed by atoms with Crippen LogP contribution in [0.15, 0.2) is 45.4 Å². The minimum Gasteiger partial charge on any atom is -0.495 e. The first-order valence-electron chi connectivity index (χ1n) is 20.2. The third kappa shape index (κ3) is 15.2. The number of carbonyl (C=O) groups is 2. The second-order valence-electron chi connectivity index (χ2n) is 18.0. The summed E-state index contributed by atoms with van der Waals surface area (Å²) in [7, 11) is 0.439. The van der Waals surface area contributed by atoms with Crippen molar-refractivity contribution in [1.29, 1.82) is 0 Å². The zero-order chi connectivity index (χ0) is 47.5. The van der Waals surface area contributed by atoms with Gasteiger partial charge >= 0.3 is 11.9 Å². The first kappa shape index (κ1) is 55.4. The lowest BCUT2D eigenvalue weighted by atomic mass is 9.93. The van der Waals surface area contributed by atoms with Crippen molar-refractivity contribution >= 4 is 66.6 Å². The number of hydrogen-bond acceptors (Lipinski definition) is 12. The van der Waals surface area contributed by atoms with Gasteiger partial charge in [0.15, 0.2) is 16.6 Å². The Morgan fingerprint density at radius 1 is 0.919 bits per heavy atom. The summed E-state index contributed by atoms with van der Waals surface area (Å²) < 4.78 is 62.4. The highest BCUT2D eigenvalue weighted by Gasteiger charge is 2.57. The number of nitrogens with zero attached hydrogens (tertiary/aromatic N) is 2. The summed E-state index contributed by atoms with van der Waals surface area (Å²) in [6, 6.07) is 5.07. The van der Waals surface area contributed by atoms with E-state index in [9.17, 15) is 23.6 Å². The third-order valence-corrected chi connectivity index (χ3v) is 21.7. The zero-order valence-electron chi connectivity index (χ0n) is 38.7. The minimum absolute atomic E-state index is 0.0606. The van der Waals surface area contributed by atoms with E-state index < -0.39 is 40.3 Å². The Morgan fingerprint density at radius 3 is 1.90 bits per heavy atom. The molecule has 13 nitrogen and oxygen atoms in total. The third-order valence-electron chi connectivity index (χ3n) is 11.4. The second-order valence-corrected chi connectivity index (χ2v) is 29.4. The molecule has 0 spiro atoms. The molecule has 2 aliphatic rings. The first-order valence-corrected chi connectivity index (χ1v) is 27.6. The van der Waals surface area contributed by atoms with Gasteiger partial charge in [-0.1, -0.05) is 53.7 Å². The number of methoxy groups -OCH3 is 3. The molecule has 0 aliphatic carbocycles. The van der Waals surface area contributed by atoms with Crippen molar-refractivity contribution in [2.45, 2.75) is 129 Å². The molecule has 0 saturated carbocycles. The van der Waals surface area contributed by atoms with Crippen LogP contribution in [0.5, 0.6) is 11.5 Å². The van der Waals surface area contributed by atoms with Gasteiger partial charge in [-0.2, -0.15) is 5.06 Å². The molecule has 0 bridgehead atoms. The molecule has 4 rings (SSSR count). The fourth-order valence-electron chi connectivity index (χ4n) is 5.80. The summed E-state index contributed by atoms with van der Waals surface area (Å²) in [4.78, 5) is 29.6. The van der Waals surface area contributed by atoms with E-state index in [4.69, 9.17) is 33.0 Å². The number of ether oxygens (including phenoxy) is 4. The minimum atomic E-state index is -1.99. The molecular weight excluding hydrogens is 974 g/mol. The van der Waals surface area contributed by atoms with Crippen LogP contribution < -0.4 is 9.47 Å². The van der Waals surface area contributed by atoms with Gasteiger partial charge in [-0.3, -0.25) is 14.8 Å². The van der Waals surface area contributed by atoms with Crippen molar-refractivity contribution in [1.82, 2.24) is 5.06 Å². The van der Waals surface area contributed by atoms with Crippen LogP contribution in [0.25, 0.3) is 0 Å². The first-order chi connectivity index (χ1) is 28.5. The van der Waals surface area contributed by atoms with Crippen molar-refractivity contribution in [2.24, 2.45) is 5.92 Å². The van der Waals surface area contributed by atoms with Crippen molar-refractivity contribution in [3.63, 3.8) is 0 Å². The number of carbonyl (C=O) groups excluding carboxylic acids is 2. The molecule has 0 radical (unpaired) electrons. The molecule has 0 aromatic heterocycles. The number of cyclic esters (lactones) is 1. The van der Waals surface area contributed by atoms with Gasteiger partial charge in [-0.25, -0.2) is 13.6 Å². The average Bonchev–Trinajstić information content (AvgIpc) is 3.68. The molecule has 2 heterocycles. The predicted octanol–water partition coefficient (Wildman–Crippen LogP) is 9.35. The Balaban J connectivity index is 0.000000353. The fourth-order valence-corrected chi connectivity index (χ4v) is 8.83. The maximum Gasteiger partial charge on any atom is 0.399 e. The quantitative estimate of drug-likeness (QED) is 0.0354. The monoisotopic (exact) mass is 1040 g/mol. The Kier molecular flexibility index (Phi) is 20.9. The van der Waals surface area contributed by atoms with Crippen LogP contribution in [0.4, 0.5) is 8.78 Å². The molecule has 350 valence electrons. The van der Waals surface area contributed by atoms with E-state index in [0.29, 0.717) is 38.2 Å². The van der Waals surface area contributed by atoms with Gasteiger partial charge in [-0.05, 0) is 111 Å². The lowest BCUT2D eigenvalue weighted by Crippen LogP contribution is -2.44. The number of fused-ring (bicyclic) bond motifs is 1. The largest absolute Gasteiger partial charge is 0.495 e. The van der Waals surface area contributed by atoms with Crippen molar-refractivity contribution in [2.75, 3.05) is 34.5 Å². The molecule has 2 N–H and O–H groups in total. The maximum absolute atomic E-state index is 14.6. The van der Waals surface area contributed by atoms with Crippen LogP contribution in [-0.2, 0) is 45.8 Å². The Hall–Kier alpha value is -2.76. The highest BCUT2D eigenvalue weighted by Crippen LogP contribution is 2.43. The Bertz CT molecular complexity index is 1890. The number of rotatable bonds is 14.